The number of nitrogens with zero attached hydrogens (tertiary/aromatic N) is 2. The van der Waals surface area contributed by atoms with Crippen LogP contribution in [0.3, 0.4) is 0 Å². The third kappa shape index (κ3) is 3.76. The summed E-state index contributed by atoms with van der Waals surface area (Å²) in [6.45, 7) is -0.132. The molecule has 2 heterocycles. The summed E-state index contributed by atoms with van der Waals surface area (Å²) in [5.41, 5.74) is 1.53. The van der Waals surface area contributed by atoms with Crippen LogP contribution in [-0.2, 0) is 11.2 Å². The van der Waals surface area contributed by atoms with Crippen molar-refractivity contribution < 1.29 is 13.9 Å². The number of halogens is 1. The highest BCUT2D eigenvalue weighted by Gasteiger charge is 2.26. The minimum absolute atomic E-state index is 0.0876. The van der Waals surface area contributed by atoms with Gasteiger partial charge in [0.25, 0.3) is 5.56 Å². The second-order valence-corrected chi connectivity index (χ2v) is 7.69. The molecular weight excluding hydrogens is 428 g/mol. The van der Waals surface area contributed by atoms with E-state index in [9.17, 15) is 9.59 Å². The number of rotatable bonds is 6. The van der Waals surface area contributed by atoms with E-state index in [2.05, 4.69) is 5.10 Å². The molecule has 7 heteroatoms. The molecule has 0 bridgehead atoms. The molecule has 0 saturated heterocycles. The van der Waals surface area contributed by atoms with E-state index >= 15 is 0 Å². The van der Waals surface area contributed by atoms with Crippen LogP contribution in [0.5, 0.6) is 5.75 Å². The molecule has 0 atom stereocenters. The molecule has 0 radical (unpaired) electrons. The average Bonchev–Trinajstić information content (AvgIpc) is 3.17. The minimum Gasteiger partial charge on any atom is -0.486 e. The summed E-state index contributed by atoms with van der Waals surface area (Å²) in [6.07, 6.45) is -0.0876. The van der Waals surface area contributed by atoms with Gasteiger partial charge in [0.15, 0.2) is 5.78 Å². The summed E-state index contributed by atoms with van der Waals surface area (Å²) in [7, 11) is 0. The predicted molar refractivity (Wildman–Crippen MR) is 122 cm³/mol. The van der Waals surface area contributed by atoms with E-state index in [1.807, 2.05) is 36.4 Å². The molecule has 0 spiro atoms. The zero-order valence-corrected chi connectivity index (χ0v) is 17.6. The van der Waals surface area contributed by atoms with Crippen molar-refractivity contribution in [3.05, 3.63) is 100.0 Å². The van der Waals surface area contributed by atoms with Gasteiger partial charge in [-0.25, -0.2) is 0 Å². The monoisotopic (exact) mass is 444 g/mol. The molecule has 6 nitrogen and oxygen atoms in total. The first-order valence-corrected chi connectivity index (χ1v) is 10.4. The maximum absolute atomic E-state index is 13.3. The number of aromatic nitrogens is 2. The third-order valence-electron chi connectivity index (χ3n) is 5.07. The number of carbonyl (C=O) groups is 1. The van der Waals surface area contributed by atoms with E-state index in [1.54, 1.807) is 42.5 Å². The Morgan fingerprint density at radius 3 is 2.47 bits per heavy atom. The number of fused-ring (bicyclic) bond motifs is 3. The second kappa shape index (κ2) is 8.32. The number of carbonyl (C=O) groups excluding carboxylic acids is 1. The van der Waals surface area contributed by atoms with Gasteiger partial charge in [-0.3, -0.25) is 9.59 Å². The Bertz CT molecular complexity index is 1440. The fourth-order valence-corrected chi connectivity index (χ4v) is 3.70. The number of hydrogen-bond acceptors (Lipinski definition) is 5. The lowest BCUT2D eigenvalue weighted by Crippen LogP contribution is -2.18. The molecule has 158 valence electrons. The molecule has 5 rings (SSSR count). The van der Waals surface area contributed by atoms with Crippen molar-refractivity contribution in [2.45, 2.75) is 6.42 Å². The van der Waals surface area contributed by atoms with Gasteiger partial charge in [-0.15, -0.1) is 0 Å². The smallest absolute Gasteiger partial charge is 0.284 e. The molecule has 0 unspecified atom stereocenters. The van der Waals surface area contributed by atoms with Crippen LogP contribution in [0.4, 0.5) is 0 Å². The molecule has 0 aromatic heterocycles. The van der Waals surface area contributed by atoms with Crippen LogP contribution < -0.4 is 10.3 Å². The van der Waals surface area contributed by atoms with E-state index in [0.29, 0.717) is 33.1 Å². The number of hydrogen-bond donors (Lipinski definition) is 0. The Morgan fingerprint density at radius 2 is 1.69 bits per heavy atom. The summed E-state index contributed by atoms with van der Waals surface area (Å²) >= 11 is 5.98. The number of ketones is 1. The van der Waals surface area contributed by atoms with Gasteiger partial charge in [0.1, 0.15) is 35.0 Å². The molecule has 0 amide bonds. The largest absolute Gasteiger partial charge is 0.486 e. The molecule has 0 saturated carbocycles. The van der Waals surface area contributed by atoms with Crippen LogP contribution in [-0.4, -0.2) is 22.2 Å². The normalized spacial score (nSPS) is 11.2. The molecule has 3 aromatic carbocycles. The van der Waals surface area contributed by atoms with Crippen molar-refractivity contribution in [3.8, 4) is 22.7 Å². The lowest BCUT2D eigenvalue weighted by atomic mass is 10.0. The fraction of sp³-hybridized carbons (Fsp3) is 0.0800. The van der Waals surface area contributed by atoms with Gasteiger partial charge >= 0.3 is 0 Å². The van der Waals surface area contributed by atoms with E-state index in [4.69, 9.17) is 20.8 Å². The van der Waals surface area contributed by atoms with Crippen molar-refractivity contribution in [2.24, 2.45) is 0 Å². The standard InChI is InChI=1S/C25H17ClN2O4/c26-16-10-12-17(13-11-16)28-25(30)23-22(14-18(29)15-31-19-6-2-1-3-7-19)32-21-9-5-4-8-20(21)24(23)27-28/h1-13H,14-15H2. The van der Waals surface area contributed by atoms with Crippen LogP contribution >= 0.6 is 11.6 Å². The summed E-state index contributed by atoms with van der Waals surface area (Å²) < 4.78 is 12.9. The lowest BCUT2D eigenvalue weighted by molar-refractivity contribution is -0.120. The number of Topliss-reactive ketones (excluding diaryl/α,β-unsaturated/α-hetero) is 1. The van der Waals surface area contributed by atoms with Gasteiger partial charge in [-0.1, -0.05) is 41.9 Å². The van der Waals surface area contributed by atoms with Crippen LogP contribution in [0.15, 0.2) is 88.1 Å². The molecule has 2 aliphatic rings. The van der Waals surface area contributed by atoms with E-state index in [-0.39, 0.29) is 35.7 Å². The molecule has 2 aliphatic heterocycles. The molecule has 32 heavy (non-hydrogen) atoms. The molecule has 0 aliphatic carbocycles. The molecule has 3 aromatic rings. The van der Waals surface area contributed by atoms with Gasteiger partial charge in [0, 0.05) is 10.4 Å². The molecule has 0 N–H and O–H groups in total. The van der Waals surface area contributed by atoms with Crippen molar-refractivity contribution in [1.29, 1.82) is 0 Å². The maximum atomic E-state index is 13.3. The number of para-hydroxylation sites is 2. The number of benzene rings is 3. The SMILES string of the molecule is O=C(COc1ccccc1)Cc1oc2ccccc2c2nn(-c3ccc(Cl)cc3)c(=O)c1-2. The van der Waals surface area contributed by atoms with E-state index in [1.165, 1.54) is 4.68 Å². The van der Waals surface area contributed by atoms with Crippen molar-refractivity contribution in [2.75, 3.05) is 6.61 Å². The summed E-state index contributed by atoms with van der Waals surface area (Å²) in [5.74, 6) is 0.653. The number of ether oxygens (including phenoxy) is 1. The second-order valence-electron chi connectivity index (χ2n) is 7.26. The zero-order chi connectivity index (χ0) is 22.1. The highest BCUT2D eigenvalue weighted by molar-refractivity contribution is 6.30. The summed E-state index contributed by atoms with van der Waals surface area (Å²) in [6, 6.07) is 23.2. The van der Waals surface area contributed by atoms with E-state index < -0.39 is 0 Å². The van der Waals surface area contributed by atoms with Crippen LogP contribution in [0.1, 0.15) is 5.76 Å². The molecule has 0 fully saturated rings. The Kier molecular flexibility index (Phi) is 5.21. The average molecular weight is 445 g/mol. The van der Waals surface area contributed by atoms with Gasteiger partial charge in [-0.2, -0.15) is 9.78 Å². The quantitative estimate of drug-likeness (QED) is 0.371. The summed E-state index contributed by atoms with van der Waals surface area (Å²) in [5, 5.41) is 5.82. The zero-order valence-electron chi connectivity index (χ0n) is 16.8. The topological polar surface area (TPSA) is 74.3 Å². The van der Waals surface area contributed by atoms with Gasteiger partial charge in [0.2, 0.25) is 0 Å². The van der Waals surface area contributed by atoms with Gasteiger partial charge < -0.3 is 9.15 Å². The lowest BCUT2D eigenvalue weighted by Gasteiger charge is -2.09. The third-order valence-corrected chi connectivity index (χ3v) is 5.32. The maximum Gasteiger partial charge on any atom is 0.284 e. The molecular formula is C25H17ClN2O4. The first kappa shape index (κ1) is 20.0. The van der Waals surface area contributed by atoms with Gasteiger partial charge in [0.05, 0.1) is 12.1 Å². The highest BCUT2D eigenvalue weighted by atomic mass is 35.5. The van der Waals surface area contributed by atoms with Crippen LogP contribution in [0.2, 0.25) is 5.02 Å². The predicted octanol–water partition coefficient (Wildman–Crippen LogP) is 4.93. The van der Waals surface area contributed by atoms with Crippen molar-refractivity contribution >= 4 is 28.4 Å². The summed E-state index contributed by atoms with van der Waals surface area (Å²) in [4.78, 5) is 26.0. The van der Waals surface area contributed by atoms with Crippen molar-refractivity contribution in [1.82, 2.24) is 9.78 Å². The first-order chi connectivity index (χ1) is 15.6. The minimum atomic E-state index is -0.358. The van der Waals surface area contributed by atoms with Gasteiger partial charge in [-0.05, 0) is 48.5 Å². The fourth-order valence-electron chi connectivity index (χ4n) is 3.57. The van der Waals surface area contributed by atoms with E-state index in [0.717, 1.165) is 0 Å². The Morgan fingerprint density at radius 1 is 0.969 bits per heavy atom. The van der Waals surface area contributed by atoms with Crippen LogP contribution in [0.25, 0.3) is 27.9 Å². The Labute approximate surface area is 188 Å². The van der Waals surface area contributed by atoms with Crippen LogP contribution in [0, 0.1) is 0 Å². The Balaban J connectivity index is 1.56. The first-order valence-electron chi connectivity index (χ1n) is 9.99. The van der Waals surface area contributed by atoms with Crippen molar-refractivity contribution in [3.63, 3.8) is 0 Å². The highest BCUT2D eigenvalue weighted by Crippen LogP contribution is 2.32. The Hall–Kier alpha value is -3.90.